The van der Waals surface area contributed by atoms with E-state index < -0.39 is 76.8 Å². The number of methoxy groups -OCH3 is 2. The Bertz CT molecular complexity index is 2290. The normalized spacial score (nSPS) is 32.1. The number of allylic oxidation sites excluding steroid dienone is 3. The Morgan fingerprint density at radius 3 is 2.45 bits per heavy atom. The zero-order valence-electron chi connectivity index (χ0n) is 42.4. The molecule has 0 spiro atoms. The minimum atomic E-state index is -1.87. The maximum atomic E-state index is 14.4. The Morgan fingerprint density at radius 1 is 1.11 bits per heavy atom. The molecule has 4 heterocycles. The van der Waals surface area contributed by atoms with Crippen molar-refractivity contribution in [2.24, 2.45) is 17.8 Å². The van der Waals surface area contributed by atoms with Gasteiger partial charge in [0.25, 0.3) is 0 Å². The molecule has 9 atom stereocenters. The molecule has 1 aromatic rings. The molecule has 6 rings (SSSR count). The number of benzene rings is 1. The number of halogens is 1. The fourth-order valence-corrected chi connectivity index (χ4v) is 11.9. The van der Waals surface area contributed by atoms with E-state index in [4.69, 9.17) is 35.3 Å². The van der Waals surface area contributed by atoms with E-state index in [1.807, 2.05) is 26.8 Å². The van der Waals surface area contributed by atoms with Crippen molar-refractivity contribution in [3.63, 3.8) is 0 Å². The summed E-state index contributed by atoms with van der Waals surface area (Å²) in [7, 11) is 5.91. The third-order valence-corrected chi connectivity index (χ3v) is 16.6. The molecule has 18 nitrogen and oxygen atoms in total. The molecule has 3 saturated heterocycles. The average molecular weight is 1220 g/mol. The molecule has 1 unspecified atom stereocenters. The van der Waals surface area contributed by atoms with Gasteiger partial charge in [-0.2, -0.15) is 0 Å². The van der Waals surface area contributed by atoms with Crippen LogP contribution in [-0.2, 0) is 54.1 Å². The number of esters is 1. The van der Waals surface area contributed by atoms with Gasteiger partial charge < -0.3 is 38.6 Å². The summed E-state index contributed by atoms with van der Waals surface area (Å²) in [6.45, 7) is 11.2. The second kappa shape index (κ2) is 23.2. The number of anilines is 1. The summed E-state index contributed by atoms with van der Waals surface area (Å²) in [5, 5.41) is 17.0. The van der Waals surface area contributed by atoms with E-state index in [1.165, 1.54) is 54.7 Å². The molecule has 0 aromatic heterocycles. The number of aliphatic hydroxyl groups is 1. The molecule has 71 heavy (non-hydrogen) atoms. The molecular formula is C50H69ClN5O13STl. The Labute approximate surface area is 441 Å². The van der Waals surface area contributed by atoms with Gasteiger partial charge in [-0.1, -0.05) is 42.3 Å². The minimum absolute atomic E-state index is 0.0346. The van der Waals surface area contributed by atoms with E-state index >= 15 is 0 Å². The monoisotopic (exact) mass is 1220 g/mol. The second-order valence-corrected chi connectivity index (χ2v) is 27.8. The average Bonchev–Trinajstić information content (AvgIpc) is 3.94. The molecule has 6 amide bonds. The van der Waals surface area contributed by atoms with Crippen molar-refractivity contribution in [3.05, 3.63) is 46.5 Å². The van der Waals surface area contributed by atoms with E-state index in [-0.39, 0.29) is 69.1 Å². The number of hydrogen-bond acceptors (Lipinski definition) is 14. The fraction of sp³-hybridized carbons (Fsp3) is 0.660. The number of alkyl carbamates (subject to hydrolysis) is 1. The zero-order chi connectivity index (χ0) is 52.3. The van der Waals surface area contributed by atoms with E-state index in [0.717, 1.165) is 24.0 Å². The maximum Gasteiger partial charge on any atom is 0.409 e. The number of amides is 6. The number of hydrogen-bond donors (Lipinski definition) is 3. The van der Waals surface area contributed by atoms with E-state index in [9.17, 15) is 38.7 Å². The molecule has 388 valence electrons. The van der Waals surface area contributed by atoms with Crippen LogP contribution in [-0.4, -0.2) is 173 Å². The molecule has 0 radical (unpaired) electrons. The first-order chi connectivity index (χ1) is 33.3. The van der Waals surface area contributed by atoms with Crippen LogP contribution in [0.4, 0.5) is 10.5 Å². The van der Waals surface area contributed by atoms with Gasteiger partial charge in [-0.3, -0.25) is 14.9 Å². The molecule has 3 N–H and O–H groups in total. The first-order valence-electron chi connectivity index (χ1n) is 24.2. The quantitative estimate of drug-likeness (QED) is 0.106. The molecular weight excluding hydrogens is 1150 g/mol. The summed E-state index contributed by atoms with van der Waals surface area (Å²) in [4.78, 5) is 98.2. The number of carbonyl (C=O) groups is 7. The molecule has 21 heteroatoms. The number of likely N-dealkylation sites (tertiary alicyclic amines) is 1. The Hall–Kier alpha value is -3.77. The molecule has 4 bridgehead atoms. The first kappa shape index (κ1) is 56.5. The van der Waals surface area contributed by atoms with Crippen LogP contribution in [0.25, 0.3) is 0 Å². The van der Waals surface area contributed by atoms with Crippen LogP contribution in [0.3, 0.4) is 0 Å². The third-order valence-electron chi connectivity index (χ3n) is 14.5. The molecule has 1 aliphatic carbocycles. The summed E-state index contributed by atoms with van der Waals surface area (Å²) in [5.74, 6) is -2.10. The van der Waals surface area contributed by atoms with Crippen LogP contribution in [0.2, 0.25) is 5.02 Å². The number of likely N-dealkylation sites (N-methyl/N-ethyl adjacent to an activating group) is 1. The molecule has 1 aromatic carbocycles. The third kappa shape index (κ3) is 13.5. The fourth-order valence-electron chi connectivity index (χ4n) is 9.94. The summed E-state index contributed by atoms with van der Waals surface area (Å²) in [6.07, 6.45) is 3.42. The first-order valence-corrected chi connectivity index (χ1v) is 27.9. The topological polar surface area (TPSA) is 223 Å². The Kier molecular flexibility index (Phi) is 18.5. The van der Waals surface area contributed by atoms with Gasteiger partial charge in [0.2, 0.25) is 11.8 Å². The number of imide groups is 1. The Morgan fingerprint density at radius 2 is 1.80 bits per heavy atom. The van der Waals surface area contributed by atoms with Crippen molar-refractivity contribution in [3.8, 4) is 5.75 Å². The van der Waals surface area contributed by atoms with Gasteiger partial charge >= 0.3 is 165 Å². The van der Waals surface area contributed by atoms with Crippen molar-refractivity contribution in [1.82, 2.24) is 20.4 Å². The van der Waals surface area contributed by atoms with Gasteiger partial charge in [-0.25, -0.2) is 9.59 Å². The van der Waals surface area contributed by atoms with Gasteiger partial charge in [0.05, 0.1) is 25.3 Å². The number of thioether (sulfide) groups is 1. The summed E-state index contributed by atoms with van der Waals surface area (Å²) in [5.41, 5.74) is -1.14. The number of fused-ring (bicyclic) bond motifs is 5. The second-order valence-electron chi connectivity index (χ2n) is 20.5. The van der Waals surface area contributed by atoms with Crippen LogP contribution in [0.5, 0.6) is 5.75 Å². The smallest absolute Gasteiger partial charge is 0.409 e. The minimum Gasteiger partial charge on any atom is -0.446 e. The van der Waals surface area contributed by atoms with Gasteiger partial charge in [0.15, 0.2) is 5.72 Å². The van der Waals surface area contributed by atoms with Gasteiger partial charge in [0, 0.05) is 45.7 Å². The number of rotatable bonds is 13. The van der Waals surface area contributed by atoms with Gasteiger partial charge in [0.1, 0.15) is 40.7 Å². The van der Waals surface area contributed by atoms with Crippen LogP contribution in [0.1, 0.15) is 98.5 Å². The number of ether oxygens (including phenoxy) is 5. The van der Waals surface area contributed by atoms with Gasteiger partial charge in [-0.15, -0.1) is 0 Å². The predicted octanol–water partition coefficient (Wildman–Crippen LogP) is 4.59. The molecule has 5 aliphatic rings. The maximum absolute atomic E-state index is 14.4. The summed E-state index contributed by atoms with van der Waals surface area (Å²) in [6, 6.07) is 2.43. The van der Waals surface area contributed by atoms with E-state index in [1.54, 1.807) is 45.2 Å². The number of carbonyl (C=O) groups excluding carboxylic acids is 7. The predicted molar refractivity (Wildman–Crippen MR) is 267 cm³/mol. The van der Waals surface area contributed by atoms with Crippen LogP contribution < -0.4 is 20.3 Å². The van der Waals surface area contributed by atoms with Crippen LogP contribution in [0, 0.1) is 17.8 Å². The van der Waals surface area contributed by atoms with Crippen molar-refractivity contribution >= 4 is 96.4 Å². The summed E-state index contributed by atoms with van der Waals surface area (Å²) < 4.78 is 29.3. The van der Waals surface area contributed by atoms with Crippen molar-refractivity contribution in [2.45, 2.75) is 149 Å². The van der Waals surface area contributed by atoms with Crippen molar-refractivity contribution in [1.29, 1.82) is 0 Å². The standard InChI is InChI=1S/C50H69ClN5O13S.Tl/c1-27(2)52-45(60)33-16-14-31(15-17-33)26-56-42(59)23-37(46(56)61)70-19-18-40(57)54(7)30(5)47(62)68-39-24-41(58)55(8)34-21-32(22-35(65-9)43(34)51)20-28(3)12-11-13-38(66-10)50(64)25-36(67-48(63)53-50)29(4)44-49(39,6)69-44;/h11-13,21-22,29-31,33,36-39,44,64H,14-20,23-26H2,1-10H3,(H,52,60)(H,53,63);/b13-11+,28-12+;/t29-,30+,31?,33?,36+,37?,38-,39+,44+,49+,50+;/m1./s1. The van der Waals surface area contributed by atoms with Crippen LogP contribution in [0.15, 0.2) is 35.9 Å². The van der Waals surface area contributed by atoms with Crippen LogP contribution >= 0.6 is 23.4 Å². The number of epoxide rings is 1. The van der Waals surface area contributed by atoms with E-state index in [2.05, 4.69) is 10.6 Å². The Balaban J connectivity index is 1.13. The van der Waals surface area contributed by atoms with E-state index in [0.29, 0.717) is 63.0 Å². The SMILES string of the molecule is COc1cc2cc(c1Cl)N(C)C(=O)C[C@H](OC(=O)[C@H](C)N(C)C(=O)CCSC1CC(=O)N(CC3CCC(C(=O)N[C](C)(C)[Tl])CC3)C1=O)[C@]1(C)O[C@H]1[C@H](C)[C@@H]1C[C@@](O)(NC(=O)O1)[C@H](OC)/C=C/C=C(\C)C2. The largest absolute Gasteiger partial charge is 0.446 e. The van der Waals surface area contributed by atoms with Crippen molar-refractivity contribution in [2.75, 3.05) is 45.5 Å². The molecule has 4 fully saturated rings. The number of nitrogens with zero attached hydrogens (tertiary/aromatic N) is 3. The van der Waals surface area contributed by atoms with Gasteiger partial charge in [-0.05, 0) is 44.9 Å². The number of nitrogens with one attached hydrogen (secondary N) is 2. The zero-order valence-corrected chi connectivity index (χ0v) is 48.5. The van der Waals surface area contributed by atoms with Crippen molar-refractivity contribution < 1.29 is 62.4 Å². The molecule has 4 aliphatic heterocycles. The summed E-state index contributed by atoms with van der Waals surface area (Å²) >= 11 is 8.66. The molecule has 1 saturated carbocycles.